The monoisotopic (exact) mass is 302 g/mol. The number of nitrogens with one attached hydrogen (secondary N) is 1. The molecule has 0 aliphatic rings. The highest BCUT2D eigenvalue weighted by molar-refractivity contribution is 5.79. The van der Waals surface area contributed by atoms with Gasteiger partial charge in [-0.25, -0.2) is 4.99 Å². The van der Waals surface area contributed by atoms with Crippen LogP contribution in [0.5, 0.6) is 0 Å². The van der Waals surface area contributed by atoms with E-state index in [0.29, 0.717) is 6.54 Å². The van der Waals surface area contributed by atoms with Crippen molar-refractivity contribution in [3.05, 3.63) is 47.2 Å². The van der Waals surface area contributed by atoms with E-state index >= 15 is 0 Å². The molecule has 2 rings (SSSR count). The predicted octanol–water partition coefficient (Wildman–Crippen LogP) is 2.83. The van der Waals surface area contributed by atoms with E-state index in [1.54, 1.807) is 0 Å². The Hall–Kier alpha value is -2.17. The van der Waals surface area contributed by atoms with Crippen LogP contribution in [0.15, 0.2) is 33.8 Å². The van der Waals surface area contributed by atoms with E-state index in [4.69, 9.17) is 9.41 Å². The van der Waals surface area contributed by atoms with Crippen molar-refractivity contribution < 1.29 is 4.42 Å². The van der Waals surface area contributed by atoms with E-state index in [1.807, 2.05) is 13.8 Å². The topological polar surface area (TPSA) is 45.7 Å². The van der Waals surface area contributed by atoms with Gasteiger partial charge in [0.05, 0.1) is 13.1 Å². The summed E-state index contributed by atoms with van der Waals surface area (Å²) in [4.78, 5) is 6.87. The van der Waals surface area contributed by atoms with Gasteiger partial charge in [0.15, 0.2) is 5.96 Å². The van der Waals surface area contributed by atoms with Gasteiger partial charge in [0.2, 0.25) is 0 Å². The molecule has 0 atom stereocenters. The zero-order valence-corrected chi connectivity index (χ0v) is 14.2. The minimum atomic E-state index is 0.628. The number of rotatable bonds is 5. The van der Waals surface area contributed by atoms with Gasteiger partial charge in [0.1, 0.15) is 11.5 Å². The van der Waals surface area contributed by atoms with Crippen LogP contribution in [0.4, 0.5) is 0 Å². The molecule has 0 unspecified atom stereocenters. The van der Waals surface area contributed by atoms with Crippen LogP contribution in [0, 0.1) is 13.8 Å². The van der Waals surface area contributed by atoms with Crippen LogP contribution in [0.3, 0.4) is 0 Å². The van der Waals surface area contributed by atoms with Gasteiger partial charge in [0, 0.05) is 38.1 Å². The van der Waals surface area contributed by atoms with Crippen molar-refractivity contribution in [1.29, 1.82) is 0 Å². The summed E-state index contributed by atoms with van der Waals surface area (Å²) in [5, 5.41) is 3.35. The Morgan fingerprint density at radius 3 is 2.73 bits per heavy atom. The number of aromatic nitrogens is 1. The lowest BCUT2D eigenvalue weighted by Crippen LogP contribution is -2.38. The van der Waals surface area contributed by atoms with Crippen molar-refractivity contribution in [1.82, 2.24) is 14.8 Å². The normalized spacial score (nSPS) is 11.8. The lowest BCUT2D eigenvalue weighted by atomic mass is 10.2. The zero-order valence-electron chi connectivity index (χ0n) is 14.2. The standard InChI is InChI=1S/C17H26N4O/c1-6-18-17(19-11-15-10-13(2)22-14(15)3)21(5)12-16-8-7-9-20(16)4/h7-10H,6,11-12H2,1-5H3,(H,18,19). The molecule has 120 valence electrons. The molecular formula is C17H26N4O. The number of furan rings is 1. The second-order valence-electron chi connectivity index (χ2n) is 5.58. The van der Waals surface area contributed by atoms with Gasteiger partial charge >= 0.3 is 0 Å². The quantitative estimate of drug-likeness (QED) is 0.682. The van der Waals surface area contributed by atoms with Crippen molar-refractivity contribution in [3.63, 3.8) is 0 Å². The second kappa shape index (κ2) is 7.20. The summed E-state index contributed by atoms with van der Waals surface area (Å²) in [5.74, 6) is 2.79. The average molecular weight is 302 g/mol. The maximum absolute atomic E-state index is 5.56. The van der Waals surface area contributed by atoms with Crippen molar-refractivity contribution in [2.45, 2.75) is 33.9 Å². The van der Waals surface area contributed by atoms with E-state index in [-0.39, 0.29) is 0 Å². The van der Waals surface area contributed by atoms with E-state index < -0.39 is 0 Å². The summed E-state index contributed by atoms with van der Waals surface area (Å²) < 4.78 is 7.69. The molecule has 5 nitrogen and oxygen atoms in total. The fraction of sp³-hybridized carbons (Fsp3) is 0.471. The van der Waals surface area contributed by atoms with E-state index in [9.17, 15) is 0 Å². The van der Waals surface area contributed by atoms with Gasteiger partial charge in [0.25, 0.3) is 0 Å². The molecule has 0 aromatic carbocycles. The van der Waals surface area contributed by atoms with E-state index in [1.165, 1.54) is 5.69 Å². The Balaban J connectivity index is 2.09. The van der Waals surface area contributed by atoms with Crippen LogP contribution >= 0.6 is 0 Å². The molecule has 0 bridgehead atoms. The minimum Gasteiger partial charge on any atom is -0.466 e. The minimum absolute atomic E-state index is 0.628. The second-order valence-corrected chi connectivity index (χ2v) is 5.58. The summed E-state index contributed by atoms with van der Waals surface area (Å²) >= 11 is 0. The Kier molecular flexibility index (Phi) is 5.31. The summed E-state index contributed by atoms with van der Waals surface area (Å²) in [6.07, 6.45) is 2.06. The predicted molar refractivity (Wildman–Crippen MR) is 89.9 cm³/mol. The van der Waals surface area contributed by atoms with E-state index in [0.717, 1.165) is 36.1 Å². The van der Waals surface area contributed by atoms with Gasteiger partial charge in [-0.3, -0.25) is 0 Å². The molecule has 0 spiro atoms. The number of guanidine groups is 1. The Morgan fingerprint density at radius 2 is 2.18 bits per heavy atom. The number of aryl methyl sites for hydroxylation is 3. The molecule has 2 aromatic rings. The lowest BCUT2D eigenvalue weighted by molar-refractivity contribution is 0.461. The largest absolute Gasteiger partial charge is 0.466 e. The maximum Gasteiger partial charge on any atom is 0.194 e. The van der Waals surface area contributed by atoms with Gasteiger partial charge in [-0.1, -0.05) is 0 Å². The third-order valence-corrected chi connectivity index (χ3v) is 3.69. The van der Waals surface area contributed by atoms with Crippen LogP contribution < -0.4 is 5.32 Å². The summed E-state index contributed by atoms with van der Waals surface area (Å²) in [6.45, 7) is 8.33. The first-order valence-electron chi connectivity index (χ1n) is 7.66. The molecular weight excluding hydrogens is 276 g/mol. The Labute approximate surface area is 132 Å². The van der Waals surface area contributed by atoms with Crippen LogP contribution in [0.2, 0.25) is 0 Å². The summed E-state index contributed by atoms with van der Waals surface area (Å²) in [5.41, 5.74) is 2.39. The third kappa shape index (κ3) is 3.93. The molecule has 0 fully saturated rings. The third-order valence-electron chi connectivity index (χ3n) is 3.69. The molecule has 1 N–H and O–H groups in total. The SMILES string of the molecule is CCNC(=NCc1cc(C)oc1C)N(C)Cc1cccn1C. The summed E-state index contributed by atoms with van der Waals surface area (Å²) in [6, 6.07) is 6.24. The molecule has 2 aromatic heterocycles. The molecule has 0 aliphatic heterocycles. The van der Waals surface area contributed by atoms with Crippen molar-refractivity contribution in [2.24, 2.45) is 12.0 Å². The first kappa shape index (κ1) is 16.2. The number of hydrogen-bond acceptors (Lipinski definition) is 2. The zero-order chi connectivity index (χ0) is 16.1. The van der Waals surface area contributed by atoms with Crippen LogP contribution in [-0.4, -0.2) is 29.0 Å². The highest BCUT2D eigenvalue weighted by atomic mass is 16.3. The van der Waals surface area contributed by atoms with Crippen LogP contribution in [-0.2, 0) is 20.1 Å². The van der Waals surface area contributed by atoms with Gasteiger partial charge < -0.3 is 19.2 Å². The van der Waals surface area contributed by atoms with E-state index in [2.05, 4.69) is 60.2 Å². The Morgan fingerprint density at radius 1 is 1.41 bits per heavy atom. The molecule has 0 radical (unpaired) electrons. The first-order valence-corrected chi connectivity index (χ1v) is 7.66. The van der Waals surface area contributed by atoms with Gasteiger partial charge in [-0.05, 0) is 39.0 Å². The molecule has 2 heterocycles. The van der Waals surface area contributed by atoms with Crippen molar-refractivity contribution in [3.8, 4) is 0 Å². The Bertz CT molecular complexity index is 639. The fourth-order valence-electron chi connectivity index (χ4n) is 2.45. The van der Waals surface area contributed by atoms with Crippen molar-refractivity contribution >= 4 is 5.96 Å². The molecule has 0 saturated heterocycles. The number of aliphatic imine (C=N–C) groups is 1. The maximum atomic E-state index is 5.56. The van der Waals surface area contributed by atoms with Gasteiger partial charge in [-0.2, -0.15) is 0 Å². The van der Waals surface area contributed by atoms with Crippen LogP contribution in [0.25, 0.3) is 0 Å². The van der Waals surface area contributed by atoms with Gasteiger partial charge in [-0.15, -0.1) is 0 Å². The van der Waals surface area contributed by atoms with Crippen molar-refractivity contribution in [2.75, 3.05) is 13.6 Å². The van der Waals surface area contributed by atoms with Crippen LogP contribution in [0.1, 0.15) is 29.7 Å². The smallest absolute Gasteiger partial charge is 0.194 e. The highest BCUT2D eigenvalue weighted by Crippen LogP contribution is 2.14. The fourth-order valence-corrected chi connectivity index (χ4v) is 2.45. The lowest BCUT2D eigenvalue weighted by Gasteiger charge is -2.22. The first-order chi connectivity index (χ1) is 10.5. The molecule has 0 amide bonds. The molecule has 5 heteroatoms. The highest BCUT2D eigenvalue weighted by Gasteiger charge is 2.09. The molecule has 0 saturated carbocycles. The molecule has 22 heavy (non-hydrogen) atoms. The average Bonchev–Trinajstić information content (AvgIpc) is 3.00. The number of hydrogen-bond donors (Lipinski definition) is 1. The summed E-state index contributed by atoms with van der Waals surface area (Å²) in [7, 11) is 4.12. The number of nitrogens with zero attached hydrogens (tertiary/aromatic N) is 3. The molecule has 0 aliphatic carbocycles.